The molecule has 0 atom stereocenters. The first-order chi connectivity index (χ1) is 15.2. The largest absolute Gasteiger partial charge is 0.455 e. The van der Waals surface area contributed by atoms with E-state index in [4.69, 9.17) is 4.42 Å². The third-order valence-electron chi connectivity index (χ3n) is 6.30. The van der Waals surface area contributed by atoms with Gasteiger partial charge < -0.3 is 4.42 Å². The lowest BCUT2D eigenvalue weighted by Gasteiger charge is -2.02. The molecule has 0 aliphatic carbocycles. The van der Waals surface area contributed by atoms with Gasteiger partial charge in [0.25, 0.3) is 9.84 Å². The second kappa shape index (κ2) is 6.16. The lowest BCUT2D eigenvalue weighted by Crippen LogP contribution is -2.27. The Morgan fingerprint density at radius 1 is 0.774 bits per heavy atom. The van der Waals surface area contributed by atoms with Crippen molar-refractivity contribution in [1.82, 2.24) is 0 Å². The van der Waals surface area contributed by atoms with E-state index < -0.39 is 0 Å². The van der Waals surface area contributed by atoms with E-state index in [2.05, 4.69) is 85.3 Å². The number of thiazole rings is 1. The number of fused-ring (bicyclic) bond motifs is 8. The number of para-hydroxylation sites is 1. The number of hydrogen-bond acceptors (Lipinski definition) is 3. The second-order valence-corrected chi connectivity index (χ2v) is 10.1. The van der Waals surface area contributed by atoms with Crippen LogP contribution in [0.2, 0.25) is 0 Å². The van der Waals surface area contributed by atoms with Gasteiger partial charge in [0.15, 0.2) is 5.58 Å². The summed E-state index contributed by atoms with van der Waals surface area (Å²) in [5.74, 6) is 0. The van der Waals surface area contributed by atoms with Crippen LogP contribution in [0.3, 0.4) is 0 Å². The van der Waals surface area contributed by atoms with E-state index in [1.807, 2.05) is 28.7 Å². The van der Waals surface area contributed by atoms with Crippen molar-refractivity contribution in [2.24, 2.45) is 7.05 Å². The van der Waals surface area contributed by atoms with E-state index in [9.17, 15) is 0 Å². The standard InChI is InChI=1S/C27H18NOS2/c1-15-11-13-19-18-9-5-6-10-20(18)29-24(19)22(15)26-28(2)27-25(31-26)23-17-8-4-3-7-16(17)12-14-21(23)30-27/h3-14H,1-2H3/q+1. The van der Waals surface area contributed by atoms with Gasteiger partial charge in [-0.2, -0.15) is 4.57 Å². The molecule has 0 saturated carbocycles. The van der Waals surface area contributed by atoms with Gasteiger partial charge in [0.1, 0.15) is 22.9 Å². The van der Waals surface area contributed by atoms with Gasteiger partial charge in [-0.15, -0.1) is 0 Å². The number of nitrogens with zero attached hydrogens (tertiary/aromatic N) is 1. The zero-order chi connectivity index (χ0) is 20.7. The molecular weight excluding hydrogens is 418 g/mol. The number of rotatable bonds is 1. The molecule has 0 bridgehead atoms. The van der Waals surface area contributed by atoms with E-state index in [0.717, 1.165) is 11.2 Å². The van der Waals surface area contributed by atoms with Crippen LogP contribution in [0, 0.1) is 6.92 Å². The van der Waals surface area contributed by atoms with Crippen LogP contribution in [0.1, 0.15) is 5.56 Å². The van der Waals surface area contributed by atoms with E-state index >= 15 is 0 Å². The SMILES string of the molecule is Cc1ccc2c(oc3ccccc32)c1-c1sc2c3c(ccc4ccccc43)sc2[n+]1C. The Labute approximate surface area is 186 Å². The van der Waals surface area contributed by atoms with Crippen LogP contribution in [0.5, 0.6) is 0 Å². The van der Waals surface area contributed by atoms with Crippen LogP contribution in [0.25, 0.3) is 62.9 Å². The molecule has 0 aliphatic heterocycles. The Balaban J connectivity index is 1.62. The first-order valence-corrected chi connectivity index (χ1v) is 12.0. The quantitative estimate of drug-likeness (QED) is 0.239. The minimum atomic E-state index is 0.946. The van der Waals surface area contributed by atoms with Crippen molar-refractivity contribution >= 4 is 75.0 Å². The summed E-state index contributed by atoms with van der Waals surface area (Å²) in [4.78, 5) is 1.32. The first kappa shape index (κ1) is 17.5. The Hall–Kier alpha value is -3.21. The summed E-state index contributed by atoms with van der Waals surface area (Å²) in [6.07, 6.45) is 0. The van der Waals surface area contributed by atoms with Gasteiger partial charge in [-0.05, 0) is 35.4 Å². The average molecular weight is 437 g/mol. The van der Waals surface area contributed by atoms with Gasteiger partial charge in [0.2, 0.25) is 0 Å². The molecule has 3 aromatic heterocycles. The average Bonchev–Trinajstić information content (AvgIpc) is 3.44. The van der Waals surface area contributed by atoms with Crippen molar-refractivity contribution in [3.05, 3.63) is 78.4 Å². The van der Waals surface area contributed by atoms with Gasteiger partial charge in [0.05, 0.1) is 0 Å². The predicted molar refractivity (Wildman–Crippen MR) is 133 cm³/mol. The summed E-state index contributed by atoms with van der Waals surface area (Å²) in [7, 11) is 2.19. The summed E-state index contributed by atoms with van der Waals surface area (Å²) < 4.78 is 11.5. The molecule has 4 aromatic carbocycles. The molecule has 4 heteroatoms. The molecule has 2 nitrogen and oxygen atoms in total. The van der Waals surface area contributed by atoms with Crippen molar-refractivity contribution in [3.8, 4) is 10.6 Å². The van der Waals surface area contributed by atoms with Crippen LogP contribution in [0.15, 0.2) is 77.2 Å². The van der Waals surface area contributed by atoms with Gasteiger partial charge in [-0.3, -0.25) is 0 Å². The van der Waals surface area contributed by atoms with Crippen LogP contribution in [-0.2, 0) is 7.05 Å². The summed E-state index contributed by atoms with van der Waals surface area (Å²) in [6, 6.07) is 25.9. The third kappa shape index (κ3) is 2.29. The van der Waals surface area contributed by atoms with Crippen LogP contribution in [-0.4, -0.2) is 0 Å². The van der Waals surface area contributed by atoms with E-state index in [0.29, 0.717) is 0 Å². The molecule has 0 fully saturated rings. The summed E-state index contributed by atoms with van der Waals surface area (Å²) >= 11 is 3.76. The number of aryl methyl sites for hydroxylation is 2. The molecule has 148 valence electrons. The Morgan fingerprint density at radius 3 is 2.48 bits per heavy atom. The van der Waals surface area contributed by atoms with Crippen molar-refractivity contribution in [1.29, 1.82) is 0 Å². The molecule has 0 saturated heterocycles. The molecule has 0 radical (unpaired) electrons. The molecule has 0 spiro atoms. The number of thiophene rings is 1. The second-order valence-electron chi connectivity index (χ2n) is 8.09. The van der Waals surface area contributed by atoms with Gasteiger partial charge >= 0.3 is 0 Å². The fourth-order valence-corrected chi connectivity index (χ4v) is 7.55. The minimum absolute atomic E-state index is 0.946. The third-order valence-corrected chi connectivity index (χ3v) is 8.93. The topological polar surface area (TPSA) is 17.0 Å². The molecular formula is C27H18NOS2+. The summed E-state index contributed by atoms with van der Waals surface area (Å²) in [5, 5.41) is 7.61. The monoisotopic (exact) mass is 436 g/mol. The minimum Gasteiger partial charge on any atom is -0.455 e. The fraction of sp³-hybridized carbons (Fsp3) is 0.0741. The van der Waals surface area contributed by atoms with E-state index in [-0.39, 0.29) is 0 Å². The van der Waals surface area contributed by atoms with Gasteiger partial charge in [0, 0.05) is 20.9 Å². The lowest BCUT2D eigenvalue weighted by molar-refractivity contribution is -0.627. The maximum Gasteiger partial charge on any atom is 0.281 e. The van der Waals surface area contributed by atoms with Crippen molar-refractivity contribution in [3.63, 3.8) is 0 Å². The molecule has 0 amide bonds. The number of furan rings is 1. The van der Waals surface area contributed by atoms with Gasteiger partial charge in [-0.25, -0.2) is 0 Å². The fourth-order valence-electron chi connectivity index (χ4n) is 4.77. The highest BCUT2D eigenvalue weighted by Crippen LogP contribution is 2.45. The van der Waals surface area contributed by atoms with E-state index in [1.165, 1.54) is 57.3 Å². The Morgan fingerprint density at radius 2 is 1.58 bits per heavy atom. The van der Waals surface area contributed by atoms with Crippen molar-refractivity contribution < 1.29 is 8.98 Å². The lowest BCUT2D eigenvalue weighted by atomic mass is 10.0. The molecule has 0 unspecified atom stereocenters. The van der Waals surface area contributed by atoms with Crippen molar-refractivity contribution in [2.75, 3.05) is 0 Å². The Bertz CT molecular complexity index is 1820. The Kier molecular flexibility index (Phi) is 3.47. The van der Waals surface area contributed by atoms with Gasteiger partial charge in [-0.1, -0.05) is 83.3 Å². The maximum atomic E-state index is 6.40. The maximum absolute atomic E-state index is 6.40. The highest BCUT2D eigenvalue weighted by atomic mass is 32.1. The smallest absolute Gasteiger partial charge is 0.281 e. The zero-order valence-corrected chi connectivity index (χ0v) is 18.7. The molecule has 0 aliphatic rings. The number of hydrogen-bond donors (Lipinski definition) is 0. The van der Waals surface area contributed by atoms with Crippen LogP contribution < -0.4 is 4.57 Å². The first-order valence-electron chi connectivity index (χ1n) is 10.3. The highest BCUT2D eigenvalue weighted by Gasteiger charge is 2.28. The summed E-state index contributed by atoms with van der Waals surface area (Å²) in [6.45, 7) is 2.18. The van der Waals surface area contributed by atoms with E-state index in [1.54, 1.807) is 0 Å². The summed E-state index contributed by atoms with van der Waals surface area (Å²) in [5.41, 5.74) is 4.38. The molecule has 0 N–H and O–H groups in total. The molecule has 7 aromatic rings. The van der Waals surface area contributed by atoms with Crippen molar-refractivity contribution in [2.45, 2.75) is 6.92 Å². The predicted octanol–water partition coefficient (Wildman–Crippen LogP) is 7.97. The normalized spacial score (nSPS) is 12.2. The zero-order valence-electron chi connectivity index (χ0n) is 17.1. The molecule has 3 heterocycles. The number of aromatic nitrogens is 1. The number of benzene rings is 4. The van der Waals surface area contributed by atoms with Crippen LogP contribution in [0.4, 0.5) is 0 Å². The molecule has 7 rings (SSSR count). The highest BCUT2D eigenvalue weighted by molar-refractivity contribution is 7.32. The van der Waals surface area contributed by atoms with Crippen LogP contribution >= 0.6 is 22.7 Å². The molecule has 31 heavy (non-hydrogen) atoms.